The van der Waals surface area contributed by atoms with Crippen LogP contribution >= 0.6 is 0 Å². The van der Waals surface area contributed by atoms with E-state index in [2.05, 4.69) is 5.32 Å². The van der Waals surface area contributed by atoms with Crippen LogP contribution in [0.5, 0.6) is 5.75 Å². The van der Waals surface area contributed by atoms with E-state index in [4.69, 9.17) is 10.5 Å². The molecule has 0 spiro atoms. The summed E-state index contributed by atoms with van der Waals surface area (Å²) in [6.45, 7) is 2.99. The average Bonchev–Trinajstić information content (AvgIpc) is 2.97. The minimum atomic E-state index is -0.499. The van der Waals surface area contributed by atoms with E-state index >= 15 is 0 Å². The van der Waals surface area contributed by atoms with Crippen LogP contribution in [0, 0.1) is 6.92 Å². The summed E-state index contributed by atoms with van der Waals surface area (Å²) < 4.78 is 5.14. The molecule has 1 aliphatic heterocycles. The number of anilines is 1. The van der Waals surface area contributed by atoms with Gasteiger partial charge in [0.1, 0.15) is 11.8 Å². The summed E-state index contributed by atoms with van der Waals surface area (Å²) in [5.41, 5.74) is 8.66. The molecule has 2 amide bonds. The van der Waals surface area contributed by atoms with Gasteiger partial charge in [0.15, 0.2) is 0 Å². The smallest absolute Gasteiger partial charge is 0.252 e. The molecule has 3 N–H and O–H groups in total. The standard InChI is InChI=1S/C20H23N3O3/c1-13-3-6-15(21)11-17(13)19(24)22-18-9-10-23(20(18)25)12-14-4-7-16(26-2)8-5-14/h3-8,11,18H,9-10,12,21H2,1-2H3,(H,22,24). The molecule has 1 aliphatic rings. The van der Waals surface area contributed by atoms with E-state index in [9.17, 15) is 9.59 Å². The fourth-order valence-electron chi connectivity index (χ4n) is 3.10. The Morgan fingerprint density at radius 2 is 2.00 bits per heavy atom. The minimum absolute atomic E-state index is 0.0595. The predicted molar refractivity (Wildman–Crippen MR) is 99.9 cm³/mol. The minimum Gasteiger partial charge on any atom is -0.497 e. The van der Waals surface area contributed by atoms with Gasteiger partial charge in [-0.15, -0.1) is 0 Å². The van der Waals surface area contributed by atoms with Crippen molar-refractivity contribution in [1.82, 2.24) is 10.2 Å². The Hall–Kier alpha value is -3.02. The number of hydrogen-bond donors (Lipinski definition) is 2. The molecule has 1 unspecified atom stereocenters. The van der Waals surface area contributed by atoms with E-state index in [-0.39, 0.29) is 11.8 Å². The molecule has 1 saturated heterocycles. The Morgan fingerprint density at radius 1 is 1.27 bits per heavy atom. The number of carbonyl (C=O) groups is 2. The van der Waals surface area contributed by atoms with Crippen LogP contribution in [0.4, 0.5) is 5.69 Å². The Labute approximate surface area is 152 Å². The van der Waals surface area contributed by atoms with E-state index in [0.29, 0.717) is 30.8 Å². The van der Waals surface area contributed by atoms with Gasteiger partial charge in [0.25, 0.3) is 5.91 Å². The number of nitrogens with one attached hydrogen (secondary N) is 1. The summed E-state index contributed by atoms with van der Waals surface area (Å²) in [7, 11) is 1.62. The topological polar surface area (TPSA) is 84.7 Å². The van der Waals surface area contributed by atoms with Gasteiger partial charge in [0.05, 0.1) is 7.11 Å². The highest BCUT2D eigenvalue weighted by atomic mass is 16.5. The molecule has 136 valence electrons. The lowest BCUT2D eigenvalue weighted by Gasteiger charge is -2.18. The first-order valence-electron chi connectivity index (χ1n) is 8.56. The first kappa shape index (κ1) is 17.8. The largest absolute Gasteiger partial charge is 0.497 e. The van der Waals surface area contributed by atoms with Crippen molar-refractivity contribution in [3.05, 3.63) is 59.2 Å². The number of likely N-dealkylation sites (tertiary alicyclic amines) is 1. The number of methoxy groups -OCH3 is 1. The number of nitrogen functional groups attached to an aromatic ring is 1. The number of amides is 2. The second-order valence-electron chi connectivity index (χ2n) is 6.50. The van der Waals surface area contributed by atoms with Crippen molar-refractivity contribution in [2.45, 2.75) is 25.9 Å². The maximum absolute atomic E-state index is 12.6. The second kappa shape index (κ2) is 7.47. The summed E-state index contributed by atoms with van der Waals surface area (Å²) in [4.78, 5) is 26.9. The third-order valence-electron chi connectivity index (χ3n) is 4.64. The van der Waals surface area contributed by atoms with Crippen LogP contribution in [0.25, 0.3) is 0 Å². The van der Waals surface area contributed by atoms with Gasteiger partial charge in [0.2, 0.25) is 5.91 Å². The Balaban J connectivity index is 1.63. The molecule has 0 bridgehead atoms. The molecular weight excluding hydrogens is 330 g/mol. The van der Waals surface area contributed by atoms with E-state index in [1.54, 1.807) is 30.2 Å². The first-order valence-corrected chi connectivity index (χ1v) is 8.56. The Bertz CT molecular complexity index is 818. The fourth-order valence-corrected chi connectivity index (χ4v) is 3.10. The third kappa shape index (κ3) is 3.79. The molecule has 0 aliphatic carbocycles. The predicted octanol–water partition coefficient (Wildman–Crippen LogP) is 2.12. The molecule has 6 heteroatoms. The maximum Gasteiger partial charge on any atom is 0.252 e. The first-order chi connectivity index (χ1) is 12.5. The number of nitrogens with two attached hydrogens (primary N) is 1. The van der Waals surface area contributed by atoms with Gasteiger partial charge in [0, 0.05) is 24.3 Å². The molecule has 2 aromatic carbocycles. The molecule has 3 rings (SSSR count). The molecular formula is C20H23N3O3. The molecule has 1 atom stereocenters. The van der Waals surface area contributed by atoms with Crippen LogP contribution in [0.1, 0.15) is 27.9 Å². The van der Waals surface area contributed by atoms with E-state index in [1.807, 2.05) is 31.2 Å². The number of benzene rings is 2. The van der Waals surface area contributed by atoms with Crippen LogP contribution in [-0.2, 0) is 11.3 Å². The summed E-state index contributed by atoms with van der Waals surface area (Å²) >= 11 is 0. The normalized spacial score (nSPS) is 16.6. The zero-order chi connectivity index (χ0) is 18.7. The lowest BCUT2D eigenvalue weighted by atomic mass is 10.1. The van der Waals surface area contributed by atoms with Gasteiger partial charge in [-0.3, -0.25) is 9.59 Å². The second-order valence-corrected chi connectivity index (χ2v) is 6.50. The summed E-state index contributed by atoms with van der Waals surface area (Å²) in [6.07, 6.45) is 0.599. The van der Waals surface area contributed by atoms with Gasteiger partial charge >= 0.3 is 0 Å². The molecule has 1 fully saturated rings. The molecule has 2 aromatic rings. The molecule has 0 radical (unpaired) electrons. The average molecular weight is 353 g/mol. The summed E-state index contributed by atoms with van der Waals surface area (Å²) in [5, 5.41) is 2.84. The van der Waals surface area contributed by atoms with Crippen molar-refractivity contribution in [3.63, 3.8) is 0 Å². The highest BCUT2D eigenvalue weighted by molar-refractivity contribution is 5.99. The number of rotatable bonds is 5. The molecule has 26 heavy (non-hydrogen) atoms. The lowest BCUT2D eigenvalue weighted by Crippen LogP contribution is -2.41. The SMILES string of the molecule is COc1ccc(CN2CCC(NC(=O)c3cc(N)ccc3C)C2=O)cc1. The van der Waals surface area contributed by atoms with Crippen molar-refractivity contribution >= 4 is 17.5 Å². The van der Waals surface area contributed by atoms with Crippen LogP contribution in [0.2, 0.25) is 0 Å². The van der Waals surface area contributed by atoms with Crippen molar-refractivity contribution in [3.8, 4) is 5.75 Å². The van der Waals surface area contributed by atoms with E-state index in [0.717, 1.165) is 16.9 Å². The van der Waals surface area contributed by atoms with Gasteiger partial charge in [-0.25, -0.2) is 0 Å². The van der Waals surface area contributed by atoms with Crippen LogP contribution < -0.4 is 15.8 Å². The molecule has 0 saturated carbocycles. The van der Waals surface area contributed by atoms with Crippen LogP contribution in [-0.4, -0.2) is 36.4 Å². The van der Waals surface area contributed by atoms with Gasteiger partial charge in [-0.05, 0) is 48.7 Å². The molecule has 0 aromatic heterocycles. The maximum atomic E-state index is 12.6. The zero-order valence-electron chi connectivity index (χ0n) is 15.0. The van der Waals surface area contributed by atoms with Gasteiger partial charge < -0.3 is 20.7 Å². The van der Waals surface area contributed by atoms with Gasteiger partial charge in [-0.2, -0.15) is 0 Å². The van der Waals surface area contributed by atoms with E-state index in [1.165, 1.54) is 0 Å². The number of aryl methyl sites for hydroxylation is 1. The molecule has 6 nitrogen and oxygen atoms in total. The van der Waals surface area contributed by atoms with Crippen LogP contribution in [0.3, 0.4) is 0 Å². The van der Waals surface area contributed by atoms with Crippen LogP contribution in [0.15, 0.2) is 42.5 Å². The Kier molecular flexibility index (Phi) is 5.11. The third-order valence-corrected chi connectivity index (χ3v) is 4.64. The monoisotopic (exact) mass is 353 g/mol. The summed E-state index contributed by atoms with van der Waals surface area (Å²) in [6, 6.07) is 12.3. The highest BCUT2D eigenvalue weighted by Gasteiger charge is 2.33. The van der Waals surface area contributed by atoms with Crippen molar-refractivity contribution in [2.24, 2.45) is 0 Å². The number of ether oxygens (including phenoxy) is 1. The fraction of sp³-hybridized carbons (Fsp3) is 0.300. The molecule has 1 heterocycles. The summed E-state index contributed by atoms with van der Waals surface area (Å²) in [5.74, 6) is 0.458. The lowest BCUT2D eigenvalue weighted by molar-refractivity contribution is -0.129. The highest BCUT2D eigenvalue weighted by Crippen LogP contribution is 2.19. The van der Waals surface area contributed by atoms with Crippen molar-refractivity contribution in [1.29, 1.82) is 0 Å². The number of nitrogens with zero attached hydrogens (tertiary/aromatic N) is 1. The van der Waals surface area contributed by atoms with Crippen molar-refractivity contribution < 1.29 is 14.3 Å². The van der Waals surface area contributed by atoms with Gasteiger partial charge in [-0.1, -0.05) is 18.2 Å². The number of carbonyl (C=O) groups excluding carboxylic acids is 2. The quantitative estimate of drug-likeness (QED) is 0.807. The van der Waals surface area contributed by atoms with E-state index < -0.39 is 6.04 Å². The zero-order valence-corrected chi connectivity index (χ0v) is 15.0. The number of hydrogen-bond acceptors (Lipinski definition) is 4. The van der Waals surface area contributed by atoms with Crippen molar-refractivity contribution in [2.75, 3.05) is 19.4 Å². The Morgan fingerprint density at radius 3 is 2.69 bits per heavy atom.